The van der Waals surface area contributed by atoms with E-state index in [-0.39, 0.29) is 6.61 Å². The van der Waals surface area contributed by atoms with Crippen molar-refractivity contribution in [2.24, 2.45) is 5.73 Å². The van der Waals surface area contributed by atoms with E-state index in [4.69, 9.17) is 5.73 Å². The lowest BCUT2D eigenvalue weighted by molar-refractivity contribution is 0.161. The summed E-state index contributed by atoms with van der Waals surface area (Å²) in [5, 5.41) is 2.97. The highest BCUT2D eigenvalue weighted by Gasteiger charge is 1.95. The van der Waals surface area contributed by atoms with E-state index in [1.807, 2.05) is 18.2 Å². The van der Waals surface area contributed by atoms with E-state index < -0.39 is 6.09 Å². The lowest BCUT2D eigenvalue weighted by Gasteiger charge is -2.05. The van der Waals surface area contributed by atoms with Gasteiger partial charge >= 0.3 is 6.09 Å². The van der Waals surface area contributed by atoms with E-state index in [0.717, 1.165) is 4.60 Å². The summed E-state index contributed by atoms with van der Waals surface area (Å²) in [7, 11) is 0. The summed E-state index contributed by atoms with van der Waals surface area (Å²) in [6.45, 7) is 0.704. The highest BCUT2D eigenvalue weighted by molar-refractivity contribution is 9.10. The maximum Gasteiger partial charge on any atom is 0.404 e. The first-order valence-corrected chi connectivity index (χ1v) is 4.76. The highest BCUT2D eigenvalue weighted by Crippen LogP contribution is 2.09. The number of amides is 1. The predicted octanol–water partition coefficient (Wildman–Crippen LogP) is 1.35. The summed E-state index contributed by atoms with van der Waals surface area (Å²) in [4.78, 5) is 14.3. The predicted molar refractivity (Wildman–Crippen MR) is 56.0 cm³/mol. The number of nitrogens with one attached hydrogen (secondary N) is 1. The van der Waals surface area contributed by atoms with Crippen molar-refractivity contribution in [2.45, 2.75) is 0 Å². The van der Waals surface area contributed by atoms with Crippen LogP contribution in [0.1, 0.15) is 0 Å². The lowest BCUT2D eigenvalue weighted by atomic mass is 10.4. The Hall–Kier alpha value is -1.30. The van der Waals surface area contributed by atoms with Gasteiger partial charge in [0.25, 0.3) is 0 Å². The van der Waals surface area contributed by atoms with Gasteiger partial charge in [0, 0.05) is 0 Å². The van der Waals surface area contributed by atoms with Crippen LogP contribution in [0.5, 0.6) is 0 Å². The number of nitrogens with two attached hydrogens (primary N) is 1. The van der Waals surface area contributed by atoms with E-state index in [1.54, 1.807) is 0 Å². The monoisotopic (exact) mass is 259 g/mol. The fourth-order valence-corrected chi connectivity index (χ4v) is 1.18. The van der Waals surface area contributed by atoms with Crippen LogP contribution in [0, 0.1) is 0 Å². The Morgan fingerprint density at radius 3 is 3.07 bits per heavy atom. The molecule has 0 atom stereocenters. The fourth-order valence-electron chi connectivity index (χ4n) is 0.837. The maximum absolute atomic E-state index is 10.2. The van der Waals surface area contributed by atoms with Crippen LogP contribution in [0.2, 0.25) is 0 Å². The molecule has 0 aliphatic heterocycles. The number of rotatable bonds is 4. The number of pyridine rings is 1. The standard InChI is InChI=1S/C8H10BrN3O2/c9-6-2-1-3-7(12-6)11-4-5-14-8(10)13/h1-3H,4-5H2,(H2,10,13)(H,11,12). The molecule has 0 aliphatic rings. The molecular weight excluding hydrogens is 250 g/mol. The SMILES string of the molecule is NC(=O)OCCNc1cccc(Br)n1. The molecule has 1 aromatic rings. The number of nitrogens with zero attached hydrogens (tertiary/aromatic N) is 1. The number of aromatic nitrogens is 1. The molecule has 1 aromatic heterocycles. The molecule has 0 saturated carbocycles. The van der Waals surface area contributed by atoms with Gasteiger partial charge in [-0.05, 0) is 28.1 Å². The molecule has 0 unspecified atom stereocenters. The molecule has 0 fully saturated rings. The number of carbonyl (C=O) groups excluding carboxylic acids is 1. The van der Waals surface area contributed by atoms with Gasteiger partial charge in [-0.2, -0.15) is 0 Å². The summed E-state index contributed by atoms with van der Waals surface area (Å²) in [6.07, 6.45) is -0.769. The molecule has 6 heteroatoms. The number of primary amides is 1. The van der Waals surface area contributed by atoms with Gasteiger partial charge in [0.05, 0.1) is 6.54 Å². The van der Waals surface area contributed by atoms with E-state index in [1.165, 1.54) is 0 Å². The Morgan fingerprint density at radius 1 is 1.64 bits per heavy atom. The van der Waals surface area contributed by atoms with Crippen LogP contribution in [0.3, 0.4) is 0 Å². The van der Waals surface area contributed by atoms with Gasteiger partial charge in [-0.25, -0.2) is 9.78 Å². The van der Waals surface area contributed by atoms with Gasteiger partial charge in [0.2, 0.25) is 0 Å². The third kappa shape index (κ3) is 4.08. The molecular formula is C8H10BrN3O2. The van der Waals surface area contributed by atoms with Crippen LogP contribution in [0.15, 0.2) is 22.8 Å². The van der Waals surface area contributed by atoms with Gasteiger partial charge in [-0.3, -0.25) is 0 Å². The quantitative estimate of drug-likeness (QED) is 0.632. The van der Waals surface area contributed by atoms with Crippen molar-refractivity contribution in [3.05, 3.63) is 22.8 Å². The first-order valence-electron chi connectivity index (χ1n) is 3.97. The van der Waals surface area contributed by atoms with Crippen molar-refractivity contribution >= 4 is 27.8 Å². The zero-order valence-corrected chi connectivity index (χ0v) is 8.95. The van der Waals surface area contributed by atoms with E-state index in [2.05, 4.69) is 31.0 Å². The molecule has 0 aliphatic carbocycles. The maximum atomic E-state index is 10.2. The minimum absolute atomic E-state index is 0.226. The van der Waals surface area contributed by atoms with E-state index >= 15 is 0 Å². The molecule has 0 aromatic carbocycles. The van der Waals surface area contributed by atoms with Crippen LogP contribution in [0.4, 0.5) is 10.6 Å². The summed E-state index contributed by atoms with van der Waals surface area (Å²) < 4.78 is 5.28. The number of hydrogen-bond donors (Lipinski definition) is 2. The molecule has 14 heavy (non-hydrogen) atoms. The number of hydrogen-bond acceptors (Lipinski definition) is 4. The first kappa shape index (κ1) is 10.8. The highest BCUT2D eigenvalue weighted by atomic mass is 79.9. The molecule has 76 valence electrons. The smallest absolute Gasteiger partial charge is 0.404 e. The van der Waals surface area contributed by atoms with Gasteiger partial charge in [-0.1, -0.05) is 6.07 Å². The molecule has 1 amide bonds. The Morgan fingerprint density at radius 2 is 2.43 bits per heavy atom. The van der Waals surface area contributed by atoms with Crippen LogP contribution < -0.4 is 11.1 Å². The number of halogens is 1. The zero-order valence-electron chi connectivity index (χ0n) is 7.37. The van der Waals surface area contributed by atoms with Crippen LogP contribution in [-0.2, 0) is 4.74 Å². The summed E-state index contributed by atoms with van der Waals surface area (Å²) in [5.41, 5.74) is 4.78. The van der Waals surface area contributed by atoms with Gasteiger partial charge in [-0.15, -0.1) is 0 Å². The molecule has 5 nitrogen and oxygen atoms in total. The average molecular weight is 260 g/mol. The largest absolute Gasteiger partial charge is 0.448 e. The fraction of sp³-hybridized carbons (Fsp3) is 0.250. The minimum Gasteiger partial charge on any atom is -0.448 e. The normalized spacial score (nSPS) is 9.50. The van der Waals surface area contributed by atoms with Crippen LogP contribution in [-0.4, -0.2) is 24.2 Å². The van der Waals surface area contributed by atoms with Gasteiger partial charge in [0.1, 0.15) is 17.0 Å². The summed E-state index contributed by atoms with van der Waals surface area (Å²) in [6, 6.07) is 5.49. The Bertz CT molecular complexity index is 319. The Balaban J connectivity index is 2.28. The molecule has 3 N–H and O–H groups in total. The molecule has 0 saturated heterocycles. The second kappa shape index (κ2) is 5.43. The molecule has 1 rings (SSSR count). The zero-order chi connectivity index (χ0) is 10.4. The molecule has 0 spiro atoms. The Kier molecular flexibility index (Phi) is 4.18. The Labute approximate surface area is 89.8 Å². The first-order chi connectivity index (χ1) is 6.68. The minimum atomic E-state index is -0.769. The van der Waals surface area contributed by atoms with Crippen molar-refractivity contribution in [3.63, 3.8) is 0 Å². The third-order valence-electron chi connectivity index (χ3n) is 1.37. The van der Waals surface area contributed by atoms with Crippen molar-refractivity contribution in [2.75, 3.05) is 18.5 Å². The second-order valence-corrected chi connectivity index (χ2v) is 3.25. The number of ether oxygens (including phenoxy) is 1. The van der Waals surface area contributed by atoms with Crippen molar-refractivity contribution in [1.29, 1.82) is 0 Å². The lowest BCUT2D eigenvalue weighted by Crippen LogP contribution is -2.18. The van der Waals surface area contributed by atoms with Crippen LogP contribution in [0.25, 0.3) is 0 Å². The van der Waals surface area contributed by atoms with Crippen molar-refractivity contribution in [3.8, 4) is 0 Å². The molecule has 1 heterocycles. The topological polar surface area (TPSA) is 77.2 Å². The second-order valence-electron chi connectivity index (χ2n) is 2.44. The number of anilines is 1. The average Bonchev–Trinajstić information content (AvgIpc) is 2.12. The van der Waals surface area contributed by atoms with Crippen molar-refractivity contribution < 1.29 is 9.53 Å². The van der Waals surface area contributed by atoms with Crippen LogP contribution >= 0.6 is 15.9 Å². The van der Waals surface area contributed by atoms with Gasteiger partial charge in [0.15, 0.2) is 0 Å². The van der Waals surface area contributed by atoms with E-state index in [0.29, 0.717) is 12.4 Å². The summed E-state index contributed by atoms with van der Waals surface area (Å²) >= 11 is 3.24. The number of carbonyl (C=O) groups is 1. The summed E-state index contributed by atoms with van der Waals surface area (Å²) in [5.74, 6) is 0.715. The third-order valence-corrected chi connectivity index (χ3v) is 1.81. The van der Waals surface area contributed by atoms with Gasteiger partial charge < -0.3 is 15.8 Å². The molecule has 0 radical (unpaired) electrons. The van der Waals surface area contributed by atoms with E-state index in [9.17, 15) is 4.79 Å². The molecule has 0 bridgehead atoms. The van der Waals surface area contributed by atoms with Crippen molar-refractivity contribution in [1.82, 2.24) is 4.98 Å².